The summed E-state index contributed by atoms with van der Waals surface area (Å²) in [6, 6.07) is 0. The first-order valence-electron chi connectivity index (χ1n) is 4.75. The molecular formula is C11H15NO2S. The summed E-state index contributed by atoms with van der Waals surface area (Å²) >= 11 is 1.49. The second-order valence-corrected chi connectivity index (χ2v) is 4.72. The van der Waals surface area contributed by atoms with Crippen LogP contribution in [0.25, 0.3) is 0 Å². The summed E-state index contributed by atoms with van der Waals surface area (Å²) in [6.07, 6.45) is 3.88. The molecule has 0 saturated heterocycles. The number of carbonyl (C=O) groups is 2. The maximum Gasteiger partial charge on any atom is 0.229 e. The summed E-state index contributed by atoms with van der Waals surface area (Å²) in [5.41, 5.74) is 1.09. The van der Waals surface area contributed by atoms with E-state index in [1.165, 1.54) is 16.7 Å². The van der Waals surface area contributed by atoms with Gasteiger partial charge in [-0.2, -0.15) is 0 Å². The summed E-state index contributed by atoms with van der Waals surface area (Å²) in [5.74, 6) is 0.597. The zero-order valence-corrected chi connectivity index (χ0v) is 10.1. The topological polar surface area (TPSA) is 37.4 Å². The molecule has 1 heterocycles. The van der Waals surface area contributed by atoms with Gasteiger partial charge in [0.05, 0.1) is 11.3 Å². The van der Waals surface area contributed by atoms with Gasteiger partial charge in [-0.15, -0.1) is 11.8 Å². The van der Waals surface area contributed by atoms with Crippen molar-refractivity contribution < 1.29 is 9.59 Å². The minimum atomic E-state index is -0.145. The highest BCUT2D eigenvalue weighted by atomic mass is 32.2. The van der Waals surface area contributed by atoms with Crippen LogP contribution in [0.2, 0.25) is 0 Å². The maximum atomic E-state index is 11.7. The van der Waals surface area contributed by atoms with E-state index in [1.807, 2.05) is 13.0 Å². The monoisotopic (exact) mass is 225 g/mol. The van der Waals surface area contributed by atoms with Gasteiger partial charge in [0.2, 0.25) is 5.91 Å². The van der Waals surface area contributed by atoms with E-state index in [9.17, 15) is 9.59 Å². The first-order valence-corrected chi connectivity index (χ1v) is 5.74. The van der Waals surface area contributed by atoms with E-state index in [0.717, 1.165) is 11.3 Å². The molecule has 1 amide bonds. The Kier molecular flexibility index (Phi) is 4.15. The number of carbonyl (C=O) groups excluding carboxylic acids is 2. The highest BCUT2D eigenvalue weighted by molar-refractivity contribution is 8.04. The molecule has 3 nitrogen and oxygen atoms in total. The van der Waals surface area contributed by atoms with Crippen molar-refractivity contribution >= 4 is 23.5 Å². The number of ketones is 1. The van der Waals surface area contributed by atoms with E-state index in [1.54, 1.807) is 14.1 Å². The van der Waals surface area contributed by atoms with Crippen LogP contribution in [0.3, 0.4) is 0 Å². The molecule has 0 radical (unpaired) electrons. The minimum absolute atomic E-state index is 0.0287. The van der Waals surface area contributed by atoms with Crippen LogP contribution in [0.5, 0.6) is 0 Å². The SMILES string of the molecule is CC1=CCSC(C(=O)CC(=O)N(C)C)=C1. The third-order valence-electron chi connectivity index (χ3n) is 2.09. The third-order valence-corrected chi connectivity index (χ3v) is 3.08. The molecule has 0 unspecified atom stereocenters. The average molecular weight is 225 g/mol. The summed E-state index contributed by atoms with van der Waals surface area (Å²) < 4.78 is 0. The van der Waals surface area contributed by atoms with Crippen LogP contribution < -0.4 is 0 Å². The van der Waals surface area contributed by atoms with Gasteiger partial charge in [-0.3, -0.25) is 9.59 Å². The lowest BCUT2D eigenvalue weighted by atomic mass is 10.2. The summed E-state index contributed by atoms with van der Waals surface area (Å²) in [6.45, 7) is 1.96. The van der Waals surface area contributed by atoms with Crippen LogP contribution in [0.1, 0.15) is 13.3 Å². The van der Waals surface area contributed by atoms with Gasteiger partial charge in [-0.25, -0.2) is 0 Å². The Balaban J connectivity index is 2.62. The third kappa shape index (κ3) is 3.55. The number of rotatable bonds is 3. The standard InChI is InChI=1S/C11H15NO2S/c1-8-4-5-15-10(6-8)9(13)7-11(14)12(2)3/h4,6H,5,7H2,1-3H3. The molecular weight excluding hydrogens is 210 g/mol. The molecule has 4 heteroatoms. The van der Waals surface area contributed by atoms with Gasteiger partial charge in [-0.1, -0.05) is 11.6 Å². The predicted molar refractivity (Wildman–Crippen MR) is 62.6 cm³/mol. The molecule has 0 fully saturated rings. The van der Waals surface area contributed by atoms with Gasteiger partial charge in [0.25, 0.3) is 0 Å². The zero-order valence-electron chi connectivity index (χ0n) is 9.24. The number of amides is 1. The van der Waals surface area contributed by atoms with E-state index in [2.05, 4.69) is 6.08 Å². The number of allylic oxidation sites excluding steroid dienone is 3. The van der Waals surface area contributed by atoms with Crippen LogP contribution >= 0.6 is 11.8 Å². The summed E-state index contributed by atoms with van der Waals surface area (Å²) in [4.78, 5) is 25.2. The van der Waals surface area contributed by atoms with E-state index in [-0.39, 0.29) is 18.1 Å². The lowest BCUT2D eigenvalue weighted by molar-refractivity contribution is -0.132. The van der Waals surface area contributed by atoms with Crippen molar-refractivity contribution in [1.82, 2.24) is 4.90 Å². The Labute approximate surface area is 94.2 Å². The number of nitrogens with zero attached hydrogens (tertiary/aromatic N) is 1. The minimum Gasteiger partial charge on any atom is -0.348 e. The molecule has 0 aromatic carbocycles. The van der Waals surface area contributed by atoms with Crippen LogP contribution in [-0.2, 0) is 9.59 Å². The fraction of sp³-hybridized carbons (Fsp3) is 0.455. The molecule has 82 valence electrons. The van der Waals surface area contributed by atoms with Crippen molar-refractivity contribution in [2.75, 3.05) is 19.8 Å². The van der Waals surface area contributed by atoms with Crippen molar-refractivity contribution in [2.45, 2.75) is 13.3 Å². The second kappa shape index (κ2) is 5.16. The van der Waals surface area contributed by atoms with Crippen LogP contribution in [0.15, 0.2) is 22.6 Å². The lowest BCUT2D eigenvalue weighted by Gasteiger charge is -2.12. The Morgan fingerprint density at radius 3 is 2.67 bits per heavy atom. The Hall–Kier alpha value is -1.03. The number of Topliss-reactive ketones (excluding diaryl/α,β-unsaturated/α-hetero) is 1. The largest absolute Gasteiger partial charge is 0.348 e. The normalized spacial score (nSPS) is 15.4. The molecule has 0 saturated carbocycles. The highest BCUT2D eigenvalue weighted by Crippen LogP contribution is 2.25. The van der Waals surface area contributed by atoms with Gasteiger partial charge in [0, 0.05) is 19.8 Å². The van der Waals surface area contributed by atoms with E-state index < -0.39 is 0 Å². The van der Waals surface area contributed by atoms with Crippen molar-refractivity contribution in [3.05, 3.63) is 22.6 Å². The molecule has 0 spiro atoms. The Bertz CT molecular complexity index is 342. The molecule has 0 N–H and O–H groups in total. The number of hydrogen-bond donors (Lipinski definition) is 0. The maximum absolute atomic E-state index is 11.7. The Morgan fingerprint density at radius 2 is 2.13 bits per heavy atom. The van der Waals surface area contributed by atoms with Crippen molar-refractivity contribution in [3.8, 4) is 0 Å². The van der Waals surface area contributed by atoms with Gasteiger partial charge in [-0.05, 0) is 13.0 Å². The van der Waals surface area contributed by atoms with E-state index >= 15 is 0 Å². The molecule has 15 heavy (non-hydrogen) atoms. The van der Waals surface area contributed by atoms with Gasteiger partial charge in [0.15, 0.2) is 5.78 Å². The van der Waals surface area contributed by atoms with Crippen molar-refractivity contribution in [3.63, 3.8) is 0 Å². The molecule has 0 aromatic heterocycles. The molecule has 1 aliphatic rings. The van der Waals surface area contributed by atoms with Gasteiger partial charge >= 0.3 is 0 Å². The van der Waals surface area contributed by atoms with Crippen molar-refractivity contribution in [2.24, 2.45) is 0 Å². The molecule has 1 aliphatic heterocycles. The Morgan fingerprint density at radius 1 is 1.47 bits per heavy atom. The summed E-state index contributed by atoms with van der Waals surface area (Å²) in [5, 5.41) is 0. The zero-order chi connectivity index (χ0) is 11.4. The average Bonchev–Trinajstić information content (AvgIpc) is 2.17. The predicted octanol–water partition coefficient (Wildman–Crippen LogP) is 1.61. The quantitative estimate of drug-likeness (QED) is 0.685. The summed E-state index contributed by atoms with van der Waals surface area (Å²) in [7, 11) is 3.31. The molecule has 0 bridgehead atoms. The van der Waals surface area contributed by atoms with Crippen molar-refractivity contribution in [1.29, 1.82) is 0 Å². The van der Waals surface area contributed by atoms with Gasteiger partial charge < -0.3 is 4.90 Å². The molecule has 0 atom stereocenters. The number of thioether (sulfide) groups is 1. The fourth-order valence-corrected chi connectivity index (χ4v) is 2.14. The first kappa shape index (κ1) is 12.0. The molecule has 1 rings (SSSR count). The number of hydrogen-bond acceptors (Lipinski definition) is 3. The first-order chi connectivity index (χ1) is 7.00. The smallest absolute Gasteiger partial charge is 0.229 e. The van der Waals surface area contributed by atoms with Crippen LogP contribution in [-0.4, -0.2) is 36.4 Å². The van der Waals surface area contributed by atoms with E-state index in [0.29, 0.717) is 4.91 Å². The molecule has 0 aliphatic carbocycles. The van der Waals surface area contributed by atoms with Crippen LogP contribution in [0, 0.1) is 0 Å². The molecule has 0 aromatic rings. The van der Waals surface area contributed by atoms with Gasteiger partial charge in [0.1, 0.15) is 0 Å². The van der Waals surface area contributed by atoms with E-state index in [4.69, 9.17) is 0 Å². The highest BCUT2D eigenvalue weighted by Gasteiger charge is 2.17. The van der Waals surface area contributed by atoms with Crippen LogP contribution in [0.4, 0.5) is 0 Å². The fourth-order valence-electron chi connectivity index (χ4n) is 1.11. The lowest BCUT2D eigenvalue weighted by Crippen LogP contribution is -2.24. The second-order valence-electron chi connectivity index (χ2n) is 3.66.